The van der Waals surface area contributed by atoms with Gasteiger partial charge in [-0.25, -0.2) is 0 Å². The fourth-order valence-electron chi connectivity index (χ4n) is 1.68. The number of nitrogens with two attached hydrogens (primary N) is 1. The van der Waals surface area contributed by atoms with Gasteiger partial charge in [0.05, 0.1) is 18.0 Å². The number of nitrogens with zero attached hydrogens (tertiary/aromatic N) is 1. The summed E-state index contributed by atoms with van der Waals surface area (Å²) in [5.41, 5.74) is 7.29. The fraction of sp³-hybridized carbons (Fsp3) is 0.267. The van der Waals surface area contributed by atoms with E-state index in [1.807, 2.05) is 49.4 Å². The van der Waals surface area contributed by atoms with E-state index >= 15 is 0 Å². The van der Waals surface area contributed by atoms with Crippen LogP contribution in [0, 0.1) is 0 Å². The number of rotatable bonds is 6. The minimum atomic E-state index is 0.432. The molecule has 0 atom stereocenters. The van der Waals surface area contributed by atoms with Gasteiger partial charge in [-0.3, -0.25) is 4.98 Å². The predicted octanol–water partition coefficient (Wildman–Crippen LogP) is 2.52. The van der Waals surface area contributed by atoms with Gasteiger partial charge in [-0.05, 0) is 43.3 Å². The van der Waals surface area contributed by atoms with Crippen LogP contribution in [-0.2, 0) is 13.2 Å². The molecule has 0 bridgehead atoms. The summed E-state index contributed by atoms with van der Waals surface area (Å²) in [6.45, 7) is 3.50. The van der Waals surface area contributed by atoms with Crippen molar-refractivity contribution in [2.45, 2.75) is 20.1 Å². The molecule has 0 unspecified atom stereocenters. The molecule has 0 aliphatic heterocycles. The molecule has 0 aliphatic carbocycles. The van der Waals surface area contributed by atoms with Gasteiger partial charge in [-0.1, -0.05) is 6.07 Å². The SMILES string of the molecule is CCOc1ccc(OCc2cccc(CN)n2)cc1. The largest absolute Gasteiger partial charge is 0.494 e. The highest BCUT2D eigenvalue weighted by Gasteiger charge is 1.99. The zero-order chi connectivity index (χ0) is 13.5. The van der Waals surface area contributed by atoms with Gasteiger partial charge in [-0.15, -0.1) is 0 Å². The normalized spacial score (nSPS) is 10.2. The highest BCUT2D eigenvalue weighted by Crippen LogP contribution is 2.18. The lowest BCUT2D eigenvalue weighted by Gasteiger charge is -2.08. The Bertz CT molecular complexity index is 512. The molecule has 2 rings (SSSR count). The number of hydrogen-bond acceptors (Lipinski definition) is 4. The molecule has 0 saturated carbocycles. The first-order valence-electron chi connectivity index (χ1n) is 6.32. The zero-order valence-corrected chi connectivity index (χ0v) is 11.0. The monoisotopic (exact) mass is 258 g/mol. The number of hydrogen-bond donors (Lipinski definition) is 1. The Balaban J connectivity index is 1.94. The van der Waals surface area contributed by atoms with Crippen LogP contribution < -0.4 is 15.2 Å². The molecule has 1 aromatic carbocycles. The first-order chi connectivity index (χ1) is 9.31. The van der Waals surface area contributed by atoms with Crippen LogP contribution in [0.2, 0.25) is 0 Å². The molecule has 0 radical (unpaired) electrons. The van der Waals surface area contributed by atoms with Crippen LogP contribution in [0.1, 0.15) is 18.3 Å². The number of pyridine rings is 1. The Morgan fingerprint density at radius 3 is 2.21 bits per heavy atom. The maximum atomic E-state index is 5.67. The first-order valence-corrected chi connectivity index (χ1v) is 6.32. The third-order valence-electron chi connectivity index (χ3n) is 2.60. The summed E-state index contributed by atoms with van der Waals surface area (Å²) in [6.07, 6.45) is 0. The number of benzene rings is 1. The van der Waals surface area contributed by atoms with Gasteiger partial charge in [0.15, 0.2) is 0 Å². The Morgan fingerprint density at radius 1 is 0.947 bits per heavy atom. The first kappa shape index (κ1) is 13.4. The molecule has 2 aromatic rings. The van der Waals surface area contributed by atoms with Crippen LogP contribution in [0.4, 0.5) is 0 Å². The van der Waals surface area contributed by atoms with E-state index in [9.17, 15) is 0 Å². The van der Waals surface area contributed by atoms with Crippen LogP contribution in [-0.4, -0.2) is 11.6 Å². The van der Waals surface area contributed by atoms with E-state index < -0.39 is 0 Å². The maximum absolute atomic E-state index is 5.67. The Morgan fingerprint density at radius 2 is 1.58 bits per heavy atom. The highest BCUT2D eigenvalue weighted by molar-refractivity contribution is 5.31. The van der Waals surface area contributed by atoms with Crippen molar-refractivity contribution >= 4 is 0 Å². The van der Waals surface area contributed by atoms with E-state index in [-0.39, 0.29) is 0 Å². The van der Waals surface area contributed by atoms with Crippen LogP contribution in [0.15, 0.2) is 42.5 Å². The molecule has 0 saturated heterocycles. The van der Waals surface area contributed by atoms with Crippen molar-refractivity contribution in [3.8, 4) is 11.5 Å². The van der Waals surface area contributed by atoms with Gasteiger partial charge in [0, 0.05) is 6.54 Å². The second-order valence-corrected chi connectivity index (χ2v) is 4.02. The maximum Gasteiger partial charge on any atom is 0.130 e. The minimum Gasteiger partial charge on any atom is -0.494 e. The Labute approximate surface area is 113 Å². The van der Waals surface area contributed by atoms with Crippen LogP contribution in [0.5, 0.6) is 11.5 Å². The summed E-state index contributed by atoms with van der Waals surface area (Å²) in [7, 11) is 0. The standard InChI is InChI=1S/C15H18N2O2/c1-2-18-14-6-8-15(9-7-14)19-11-13-5-3-4-12(10-16)17-13/h3-9H,2,10-11,16H2,1H3. The Kier molecular flexibility index (Phi) is 4.75. The van der Waals surface area contributed by atoms with Crippen LogP contribution in [0.25, 0.3) is 0 Å². The molecule has 0 amide bonds. The van der Waals surface area contributed by atoms with Crippen molar-refractivity contribution in [3.05, 3.63) is 53.9 Å². The molecule has 19 heavy (non-hydrogen) atoms. The lowest BCUT2D eigenvalue weighted by molar-refractivity contribution is 0.299. The molecule has 100 valence electrons. The number of ether oxygens (including phenoxy) is 2. The third kappa shape index (κ3) is 3.96. The number of aromatic nitrogens is 1. The summed E-state index contributed by atoms with van der Waals surface area (Å²) >= 11 is 0. The van der Waals surface area contributed by atoms with Crippen molar-refractivity contribution in [1.29, 1.82) is 0 Å². The van der Waals surface area contributed by atoms with Gasteiger partial charge in [0.1, 0.15) is 18.1 Å². The molecule has 1 heterocycles. The van der Waals surface area contributed by atoms with Crippen molar-refractivity contribution in [1.82, 2.24) is 4.98 Å². The van der Waals surface area contributed by atoms with Crippen molar-refractivity contribution in [3.63, 3.8) is 0 Å². The molecule has 0 spiro atoms. The van der Waals surface area contributed by atoms with Gasteiger partial charge in [0.2, 0.25) is 0 Å². The molecular weight excluding hydrogens is 240 g/mol. The molecule has 0 fully saturated rings. The van der Waals surface area contributed by atoms with E-state index in [1.165, 1.54) is 0 Å². The summed E-state index contributed by atoms with van der Waals surface area (Å²) in [6, 6.07) is 13.3. The Hall–Kier alpha value is -2.07. The topological polar surface area (TPSA) is 57.4 Å². The second kappa shape index (κ2) is 6.75. The molecule has 0 aliphatic rings. The lowest BCUT2D eigenvalue weighted by Crippen LogP contribution is -2.04. The van der Waals surface area contributed by atoms with E-state index in [0.29, 0.717) is 19.8 Å². The third-order valence-corrected chi connectivity index (χ3v) is 2.60. The van der Waals surface area contributed by atoms with E-state index in [2.05, 4.69) is 4.98 Å². The van der Waals surface area contributed by atoms with Crippen LogP contribution in [0.3, 0.4) is 0 Å². The molecule has 4 nitrogen and oxygen atoms in total. The molecule has 1 aromatic heterocycles. The summed E-state index contributed by atoms with van der Waals surface area (Å²) in [5.74, 6) is 1.64. The van der Waals surface area contributed by atoms with Gasteiger partial charge in [0.25, 0.3) is 0 Å². The van der Waals surface area contributed by atoms with Gasteiger partial charge in [-0.2, -0.15) is 0 Å². The smallest absolute Gasteiger partial charge is 0.130 e. The van der Waals surface area contributed by atoms with Crippen molar-refractivity contribution in [2.75, 3.05) is 6.61 Å². The van der Waals surface area contributed by atoms with Crippen molar-refractivity contribution in [2.24, 2.45) is 5.73 Å². The fourth-order valence-corrected chi connectivity index (χ4v) is 1.68. The summed E-state index contributed by atoms with van der Waals surface area (Å²) < 4.78 is 11.0. The highest BCUT2D eigenvalue weighted by atomic mass is 16.5. The predicted molar refractivity (Wildman–Crippen MR) is 74.1 cm³/mol. The lowest BCUT2D eigenvalue weighted by atomic mass is 10.3. The minimum absolute atomic E-state index is 0.432. The zero-order valence-electron chi connectivity index (χ0n) is 11.0. The second-order valence-electron chi connectivity index (χ2n) is 4.02. The van der Waals surface area contributed by atoms with E-state index in [1.54, 1.807) is 0 Å². The average Bonchev–Trinajstić information content (AvgIpc) is 2.47. The molecular formula is C15H18N2O2. The van der Waals surface area contributed by atoms with Crippen molar-refractivity contribution < 1.29 is 9.47 Å². The van der Waals surface area contributed by atoms with E-state index in [4.69, 9.17) is 15.2 Å². The summed E-state index contributed by atoms with van der Waals surface area (Å²) in [5, 5.41) is 0. The van der Waals surface area contributed by atoms with E-state index in [0.717, 1.165) is 22.9 Å². The molecule has 2 N–H and O–H groups in total. The molecule has 4 heteroatoms. The quantitative estimate of drug-likeness (QED) is 0.865. The van der Waals surface area contributed by atoms with Crippen LogP contribution >= 0.6 is 0 Å². The average molecular weight is 258 g/mol. The van der Waals surface area contributed by atoms with Gasteiger partial charge >= 0.3 is 0 Å². The summed E-state index contributed by atoms with van der Waals surface area (Å²) in [4.78, 5) is 4.38. The van der Waals surface area contributed by atoms with Gasteiger partial charge < -0.3 is 15.2 Å².